The molecule has 0 atom stereocenters. The van der Waals surface area contributed by atoms with Gasteiger partial charge in [0.2, 0.25) is 0 Å². The lowest BCUT2D eigenvalue weighted by Crippen LogP contribution is -2.14. The molecule has 2 aromatic carbocycles. The van der Waals surface area contributed by atoms with Crippen molar-refractivity contribution in [3.05, 3.63) is 58.1 Å². The molecule has 0 bridgehead atoms. The van der Waals surface area contributed by atoms with Crippen LogP contribution in [0.1, 0.15) is 11.1 Å². The minimum absolute atomic E-state index is 0.0529. The van der Waals surface area contributed by atoms with Crippen LogP contribution in [0.5, 0.6) is 11.5 Å². The van der Waals surface area contributed by atoms with Gasteiger partial charge in [-0.2, -0.15) is 5.26 Å². The van der Waals surface area contributed by atoms with Crippen molar-refractivity contribution in [1.29, 1.82) is 5.26 Å². The number of aryl methyl sites for hydroxylation is 1. The van der Waals surface area contributed by atoms with Crippen LogP contribution in [0.3, 0.4) is 0 Å². The van der Waals surface area contributed by atoms with Crippen LogP contribution in [0.4, 0.5) is 5.69 Å². The fraction of sp³-hybridized carbons (Fsp3) is 0.158. The molecule has 0 unspecified atom stereocenters. The van der Waals surface area contributed by atoms with Crippen LogP contribution in [-0.4, -0.2) is 20.1 Å². The first-order valence-corrected chi connectivity index (χ1v) is 7.77. The van der Waals surface area contributed by atoms with Crippen molar-refractivity contribution < 1.29 is 14.3 Å². The van der Waals surface area contributed by atoms with E-state index in [1.54, 1.807) is 43.5 Å². The monoisotopic (exact) mass is 356 g/mol. The smallest absolute Gasteiger partial charge is 0.266 e. The average molecular weight is 357 g/mol. The van der Waals surface area contributed by atoms with E-state index in [0.717, 1.165) is 5.56 Å². The van der Waals surface area contributed by atoms with Gasteiger partial charge in [-0.05, 0) is 42.8 Å². The first kappa shape index (κ1) is 18.4. The van der Waals surface area contributed by atoms with Crippen LogP contribution < -0.4 is 14.8 Å². The number of nitrogens with zero attached hydrogens (tertiary/aromatic N) is 1. The molecule has 6 heteroatoms. The standard InChI is InChI=1S/C19H17ClN2O3/c1-12-4-6-15(20)9-17(12)22-19(23)14(11-21)8-13-5-7-16(24-2)10-18(13)25-3/h4-10H,1-3H3,(H,22,23)/b14-8+. The lowest BCUT2D eigenvalue weighted by molar-refractivity contribution is -0.112. The number of ether oxygens (including phenoxy) is 2. The van der Waals surface area contributed by atoms with E-state index in [0.29, 0.717) is 27.8 Å². The summed E-state index contributed by atoms with van der Waals surface area (Å²) in [6.07, 6.45) is 1.47. The lowest BCUT2D eigenvalue weighted by Gasteiger charge is -2.10. The number of hydrogen-bond donors (Lipinski definition) is 1. The van der Waals surface area contributed by atoms with Gasteiger partial charge >= 0.3 is 0 Å². The molecule has 0 spiro atoms. The van der Waals surface area contributed by atoms with Gasteiger partial charge in [-0.15, -0.1) is 0 Å². The molecule has 0 radical (unpaired) electrons. The van der Waals surface area contributed by atoms with Gasteiger partial charge in [0.05, 0.1) is 14.2 Å². The Labute approximate surface area is 151 Å². The minimum atomic E-state index is -0.522. The molecule has 0 aliphatic carbocycles. The Morgan fingerprint density at radius 3 is 2.60 bits per heavy atom. The molecule has 25 heavy (non-hydrogen) atoms. The molecule has 5 nitrogen and oxygen atoms in total. The van der Waals surface area contributed by atoms with Crippen molar-refractivity contribution in [3.63, 3.8) is 0 Å². The second-order valence-corrected chi connectivity index (χ2v) is 5.63. The predicted molar refractivity (Wildman–Crippen MR) is 98.0 cm³/mol. The normalized spacial score (nSPS) is 10.8. The molecule has 0 aliphatic rings. The summed E-state index contributed by atoms with van der Waals surface area (Å²) >= 11 is 5.95. The highest BCUT2D eigenvalue weighted by Crippen LogP contribution is 2.27. The molecule has 0 saturated heterocycles. The SMILES string of the molecule is COc1ccc(/C=C(\C#N)C(=O)Nc2cc(Cl)ccc2C)c(OC)c1. The van der Waals surface area contributed by atoms with Gasteiger partial charge in [0, 0.05) is 22.3 Å². The van der Waals surface area contributed by atoms with E-state index < -0.39 is 5.91 Å². The summed E-state index contributed by atoms with van der Waals surface area (Å²) in [4.78, 5) is 12.4. The number of carbonyl (C=O) groups excluding carboxylic acids is 1. The summed E-state index contributed by atoms with van der Waals surface area (Å²) in [6.45, 7) is 1.84. The minimum Gasteiger partial charge on any atom is -0.497 e. The third-order valence-electron chi connectivity index (χ3n) is 3.55. The van der Waals surface area contributed by atoms with Gasteiger partial charge in [-0.25, -0.2) is 0 Å². The summed E-state index contributed by atoms with van der Waals surface area (Å²) in [5, 5.41) is 12.6. The van der Waals surface area contributed by atoms with E-state index in [4.69, 9.17) is 21.1 Å². The van der Waals surface area contributed by atoms with Crippen molar-refractivity contribution in [1.82, 2.24) is 0 Å². The maximum Gasteiger partial charge on any atom is 0.266 e. The fourth-order valence-corrected chi connectivity index (χ4v) is 2.33. The molecule has 0 heterocycles. The summed E-state index contributed by atoms with van der Waals surface area (Å²) < 4.78 is 10.4. The molecule has 0 aromatic heterocycles. The van der Waals surface area contributed by atoms with Crippen LogP contribution in [0.25, 0.3) is 6.08 Å². The Morgan fingerprint density at radius 1 is 1.20 bits per heavy atom. The van der Waals surface area contributed by atoms with Crippen LogP contribution in [0.15, 0.2) is 42.0 Å². The Morgan fingerprint density at radius 2 is 1.96 bits per heavy atom. The number of carbonyl (C=O) groups is 1. The molecule has 1 amide bonds. The Kier molecular flexibility index (Phi) is 6.04. The van der Waals surface area contributed by atoms with Gasteiger partial charge in [-0.1, -0.05) is 17.7 Å². The van der Waals surface area contributed by atoms with E-state index >= 15 is 0 Å². The topological polar surface area (TPSA) is 71.3 Å². The maximum atomic E-state index is 12.4. The third-order valence-corrected chi connectivity index (χ3v) is 3.79. The van der Waals surface area contributed by atoms with E-state index in [-0.39, 0.29) is 5.57 Å². The largest absolute Gasteiger partial charge is 0.497 e. The van der Waals surface area contributed by atoms with Gasteiger partial charge in [0.15, 0.2) is 0 Å². The van der Waals surface area contributed by atoms with Gasteiger partial charge in [0.25, 0.3) is 5.91 Å². The highest BCUT2D eigenvalue weighted by molar-refractivity contribution is 6.31. The first-order valence-electron chi connectivity index (χ1n) is 7.39. The van der Waals surface area contributed by atoms with Crippen molar-refractivity contribution in [3.8, 4) is 17.6 Å². The highest BCUT2D eigenvalue weighted by atomic mass is 35.5. The summed E-state index contributed by atoms with van der Waals surface area (Å²) in [5.74, 6) is 0.594. The number of halogens is 1. The molecule has 0 aliphatic heterocycles. The number of hydrogen-bond acceptors (Lipinski definition) is 4. The van der Waals surface area contributed by atoms with Crippen molar-refractivity contribution >= 4 is 29.3 Å². The second-order valence-electron chi connectivity index (χ2n) is 5.19. The van der Waals surface area contributed by atoms with Crippen LogP contribution in [0.2, 0.25) is 5.02 Å². The average Bonchev–Trinajstić information content (AvgIpc) is 2.62. The summed E-state index contributed by atoms with van der Waals surface area (Å²) in [5.41, 5.74) is 1.94. The fourth-order valence-electron chi connectivity index (χ4n) is 2.16. The zero-order valence-electron chi connectivity index (χ0n) is 14.1. The van der Waals surface area contributed by atoms with Crippen LogP contribution in [0, 0.1) is 18.3 Å². The van der Waals surface area contributed by atoms with E-state index in [9.17, 15) is 10.1 Å². The molecule has 1 N–H and O–H groups in total. The van der Waals surface area contributed by atoms with Crippen molar-refractivity contribution in [2.75, 3.05) is 19.5 Å². The number of amides is 1. The number of anilines is 1. The Balaban J connectivity index is 2.33. The number of nitrogens with one attached hydrogen (secondary N) is 1. The summed E-state index contributed by atoms with van der Waals surface area (Å²) in [7, 11) is 3.05. The number of rotatable bonds is 5. The van der Waals surface area contributed by atoms with E-state index in [1.807, 2.05) is 13.0 Å². The third kappa shape index (κ3) is 4.52. The number of methoxy groups -OCH3 is 2. The quantitative estimate of drug-likeness (QED) is 0.643. The molecule has 2 rings (SSSR count). The Hall–Kier alpha value is -2.97. The van der Waals surface area contributed by atoms with Crippen LogP contribution in [-0.2, 0) is 4.79 Å². The first-order chi connectivity index (χ1) is 12.0. The molecule has 0 saturated carbocycles. The molecular weight excluding hydrogens is 340 g/mol. The van der Waals surface area contributed by atoms with E-state index in [1.165, 1.54) is 13.2 Å². The molecular formula is C19H17ClN2O3. The molecule has 128 valence electrons. The number of nitriles is 1. The lowest BCUT2D eigenvalue weighted by atomic mass is 10.1. The van der Waals surface area contributed by atoms with Gasteiger partial charge < -0.3 is 14.8 Å². The maximum absolute atomic E-state index is 12.4. The Bertz CT molecular complexity index is 869. The summed E-state index contributed by atoms with van der Waals surface area (Å²) in [6, 6.07) is 12.2. The zero-order chi connectivity index (χ0) is 18.4. The van der Waals surface area contributed by atoms with Crippen LogP contribution >= 0.6 is 11.6 Å². The van der Waals surface area contributed by atoms with Crippen molar-refractivity contribution in [2.45, 2.75) is 6.92 Å². The second kappa shape index (κ2) is 8.22. The predicted octanol–water partition coefficient (Wildman–Crippen LogP) is 4.21. The van der Waals surface area contributed by atoms with Crippen molar-refractivity contribution in [2.24, 2.45) is 0 Å². The highest BCUT2D eigenvalue weighted by Gasteiger charge is 2.13. The zero-order valence-corrected chi connectivity index (χ0v) is 14.8. The molecule has 0 fully saturated rings. The van der Waals surface area contributed by atoms with Gasteiger partial charge in [0.1, 0.15) is 23.1 Å². The molecule has 2 aromatic rings. The number of benzene rings is 2. The van der Waals surface area contributed by atoms with Gasteiger partial charge in [-0.3, -0.25) is 4.79 Å². The van der Waals surface area contributed by atoms with E-state index in [2.05, 4.69) is 5.32 Å².